The SMILES string of the molecule is Cc1cc(C)nc(NC(=S)C2(C)CCc3c(C)c(O)c(C)c(C)c3O2)c1. The van der Waals surface area contributed by atoms with Crippen LogP contribution in [0.15, 0.2) is 12.1 Å². The highest BCUT2D eigenvalue weighted by molar-refractivity contribution is 7.80. The van der Waals surface area contributed by atoms with E-state index in [0.717, 1.165) is 57.9 Å². The van der Waals surface area contributed by atoms with Crippen molar-refractivity contribution in [3.63, 3.8) is 0 Å². The molecule has 0 saturated heterocycles. The molecular weight excluding hydrogens is 344 g/mol. The van der Waals surface area contributed by atoms with E-state index in [1.165, 1.54) is 0 Å². The van der Waals surface area contributed by atoms with Crippen LogP contribution in [0.5, 0.6) is 11.5 Å². The molecule has 1 unspecified atom stereocenters. The summed E-state index contributed by atoms with van der Waals surface area (Å²) in [5.41, 5.74) is 5.30. The number of phenols is 1. The number of aromatic hydroxyl groups is 1. The lowest BCUT2D eigenvalue weighted by molar-refractivity contribution is 0.134. The molecule has 2 aromatic rings. The average Bonchev–Trinajstić information content (AvgIpc) is 2.57. The van der Waals surface area contributed by atoms with Crippen LogP contribution >= 0.6 is 12.2 Å². The number of benzene rings is 1. The van der Waals surface area contributed by atoms with E-state index >= 15 is 0 Å². The molecule has 2 heterocycles. The Labute approximate surface area is 160 Å². The third-order valence-electron chi connectivity index (χ3n) is 5.34. The molecule has 0 saturated carbocycles. The number of pyridine rings is 1. The Morgan fingerprint density at radius 2 is 1.85 bits per heavy atom. The minimum atomic E-state index is -0.609. The van der Waals surface area contributed by atoms with E-state index < -0.39 is 5.60 Å². The highest BCUT2D eigenvalue weighted by Gasteiger charge is 2.38. The van der Waals surface area contributed by atoms with E-state index in [0.29, 0.717) is 10.7 Å². The zero-order valence-electron chi connectivity index (χ0n) is 16.3. The first-order valence-electron chi connectivity index (χ1n) is 8.90. The number of ether oxygens (including phenoxy) is 1. The number of fused-ring (bicyclic) bond motifs is 1. The maximum Gasteiger partial charge on any atom is 0.156 e. The van der Waals surface area contributed by atoms with Crippen LogP contribution in [-0.4, -0.2) is 20.7 Å². The van der Waals surface area contributed by atoms with E-state index in [1.54, 1.807) is 0 Å². The molecule has 0 spiro atoms. The lowest BCUT2D eigenvalue weighted by Crippen LogP contribution is -2.47. The lowest BCUT2D eigenvalue weighted by Gasteiger charge is -2.38. The largest absolute Gasteiger partial charge is 0.507 e. The molecule has 1 aromatic carbocycles. The quantitative estimate of drug-likeness (QED) is 0.740. The summed E-state index contributed by atoms with van der Waals surface area (Å²) in [6.07, 6.45) is 1.56. The molecule has 2 N–H and O–H groups in total. The van der Waals surface area contributed by atoms with Crippen LogP contribution in [0, 0.1) is 34.6 Å². The highest BCUT2D eigenvalue weighted by Crippen LogP contribution is 2.43. The van der Waals surface area contributed by atoms with Gasteiger partial charge < -0.3 is 15.2 Å². The van der Waals surface area contributed by atoms with Gasteiger partial charge in [0, 0.05) is 11.3 Å². The second kappa shape index (κ2) is 6.54. The minimum absolute atomic E-state index is 0.369. The number of rotatable bonds is 2. The molecule has 0 radical (unpaired) electrons. The van der Waals surface area contributed by atoms with Crippen LogP contribution in [-0.2, 0) is 6.42 Å². The predicted octanol–water partition coefficient (Wildman–Crippen LogP) is 4.85. The lowest BCUT2D eigenvalue weighted by atomic mass is 9.87. The summed E-state index contributed by atoms with van der Waals surface area (Å²) < 4.78 is 6.42. The number of hydrogen-bond acceptors (Lipinski definition) is 4. The summed E-state index contributed by atoms with van der Waals surface area (Å²) in [6, 6.07) is 4.02. The molecule has 0 fully saturated rings. The summed E-state index contributed by atoms with van der Waals surface area (Å²) in [5, 5.41) is 13.6. The van der Waals surface area contributed by atoms with Gasteiger partial charge >= 0.3 is 0 Å². The highest BCUT2D eigenvalue weighted by atomic mass is 32.1. The molecule has 1 aliphatic rings. The summed E-state index contributed by atoms with van der Waals surface area (Å²) in [4.78, 5) is 5.14. The van der Waals surface area contributed by atoms with Gasteiger partial charge in [0.15, 0.2) is 5.60 Å². The Morgan fingerprint density at radius 1 is 1.15 bits per heavy atom. The predicted molar refractivity (Wildman–Crippen MR) is 110 cm³/mol. The summed E-state index contributed by atoms with van der Waals surface area (Å²) in [6.45, 7) is 11.9. The second-order valence-corrected chi connectivity index (χ2v) is 7.90. The van der Waals surface area contributed by atoms with Crippen molar-refractivity contribution in [1.29, 1.82) is 0 Å². The standard InChI is InChI=1S/C21H26N2O2S/c1-11-9-12(2)22-17(10-11)23-20(26)21(6)8-7-16-15(5)18(24)13(3)14(4)19(16)25-21/h9-10,24H,7-8H2,1-6H3,(H,22,23,26). The zero-order chi connectivity index (χ0) is 19.2. The van der Waals surface area contributed by atoms with Gasteiger partial charge in [0.05, 0.1) is 0 Å². The number of nitrogens with zero attached hydrogens (tertiary/aromatic N) is 1. The number of nitrogens with one attached hydrogen (secondary N) is 1. The minimum Gasteiger partial charge on any atom is -0.507 e. The van der Waals surface area contributed by atoms with Gasteiger partial charge in [0.2, 0.25) is 0 Å². The fourth-order valence-corrected chi connectivity index (χ4v) is 3.81. The first-order valence-corrected chi connectivity index (χ1v) is 9.30. The molecule has 3 rings (SSSR count). The van der Waals surface area contributed by atoms with E-state index in [-0.39, 0.29) is 0 Å². The van der Waals surface area contributed by atoms with Gasteiger partial charge in [-0.2, -0.15) is 0 Å². The van der Waals surface area contributed by atoms with Crippen LogP contribution in [0.4, 0.5) is 5.82 Å². The molecule has 4 nitrogen and oxygen atoms in total. The van der Waals surface area contributed by atoms with Crippen LogP contribution in [0.2, 0.25) is 0 Å². The third kappa shape index (κ3) is 3.16. The van der Waals surface area contributed by atoms with Crippen molar-refractivity contribution in [2.24, 2.45) is 0 Å². The van der Waals surface area contributed by atoms with Gasteiger partial charge in [0.25, 0.3) is 0 Å². The van der Waals surface area contributed by atoms with Crippen molar-refractivity contribution in [2.45, 2.75) is 60.0 Å². The van der Waals surface area contributed by atoms with Crippen LogP contribution in [0.3, 0.4) is 0 Å². The number of thiocarbonyl (C=S) groups is 1. The van der Waals surface area contributed by atoms with Crippen molar-refractivity contribution in [1.82, 2.24) is 4.98 Å². The number of phenolic OH excluding ortho intramolecular Hbond substituents is 1. The normalized spacial score (nSPS) is 18.8. The smallest absolute Gasteiger partial charge is 0.156 e. The van der Waals surface area contributed by atoms with E-state index in [9.17, 15) is 5.11 Å². The van der Waals surface area contributed by atoms with Crippen molar-refractivity contribution in [3.05, 3.63) is 45.6 Å². The van der Waals surface area contributed by atoms with Gasteiger partial charge in [-0.05, 0) is 88.8 Å². The van der Waals surface area contributed by atoms with Gasteiger partial charge in [-0.15, -0.1) is 0 Å². The average molecular weight is 371 g/mol. The van der Waals surface area contributed by atoms with Crippen molar-refractivity contribution < 1.29 is 9.84 Å². The molecule has 1 atom stereocenters. The Hall–Kier alpha value is -2.14. The number of aryl methyl sites for hydroxylation is 2. The molecule has 0 bridgehead atoms. The maximum absolute atomic E-state index is 10.3. The second-order valence-electron chi connectivity index (χ2n) is 7.49. The summed E-state index contributed by atoms with van der Waals surface area (Å²) in [5.74, 6) is 1.97. The van der Waals surface area contributed by atoms with Gasteiger partial charge in [-0.1, -0.05) is 12.2 Å². The van der Waals surface area contributed by atoms with Crippen LogP contribution in [0.25, 0.3) is 0 Å². The first kappa shape index (κ1) is 18.6. The molecule has 26 heavy (non-hydrogen) atoms. The molecular formula is C21H26N2O2S. The molecule has 1 aromatic heterocycles. The van der Waals surface area contributed by atoms with Crippen molar-refractivity contribution in [2.75, 3.05) is 5.32 Å². The first-order chi connectivity index (χ1) is 12.1. The van der Waals surface area contributed by atoms with E-state index in [4.69, 9.17) is 17.0 Å². The fraction of sp³-hybridized carbons (Fsp3) is 0.429. The van der Waals surface area contributed by atoms with Gasteiger partial charge in [0.1, 0.15) is 22.3 Å². The monoisotopic (exact) mass is 370 g/mol. The summed E-state index contributed by atoms with van der Waals surface area (Å²) >= 11 is 5.69. The topological polar surface area (TPSA) is 54.4 Å². The van der Waals surface area contributed by atoms with E-state index in [2.05, 4.69) is 10.3 Å². The molecule has 5 heteroatoms. The Balaban J connectivity index is 1.92. The fourth-order valence-electron chi connectivity index (χ4n) is 3.56. The third-order valence-corrected chi connectivity index (χ3v) is 5.87. The molecule has 1 aliphatic heterocycles. The number of anilines is 1. The van der Waals surface area contributed by atoms with E-state index in [1.807, 2.05) is 53.7 Å². The maximum atomic E-state index is 10.3. The zero-order valence-corrected chi connectivity index (χ0v) is 17.1. The molecule has 0 aliphatic carbocycles. The van der Waals surface area contributed by atoms with Crippen LogP contribution in [0.1, 0.15) is 46.9 Å². The Morgan fingerprint density at radius 3 is 2.50 bits per heavy atom. The molecule has 138 valence electrons. The van der Waals surface area contributed by atoms with Gasteiger partial charge in [-0.3, -0.25) is 0 Å². The van der Waals surface area contributed by atoms with Crippen molar-refractivity contribution >= 4 is 23.0 Å². The number of hydrogen-bond donors (Lipinski definition) is 2. The van der Waals surface area contributed by atoms with Gasteiger partial charge in [-0.25, -0.2) is 4.98 Å². The molecule has 0 amide bonds. The number of aromatic nitrogens is 1. The van der Waals surface area contributed by atoms with Crippen molar-refractivity contribution in [3.8, 4) is 11.5 Å². The summed E-state index contributed by atoms with van der Waals surface area (Å²) in [7, 11) is 0. The Bertz CT molecular complexity index is 887. The Kier molecular flexibility index (Phi) is 4.69. The van der Waals surface area contributed by atoms with Crippen LogP contribution < -0.4 is 10.1 Å².